The van der Waals surface area contributed by atoms with Gasteiger partial charge in [-0.2, -0.15) is 0 Å². The van der Waals surface area contributed by atoms with Crippen LogP contribution in [0.2, 0.25) is 0 Å². The van der Waals surface area contributed by atoms with Crippen molar-refractivity contribution in [2.45, 2.75) is 19.4 Å². The topological polar surface area (TPSA) is 76.5 Å². The summed E-state index contributed by atoms with van der Waals surface area (Å²) in [5, 5.41) is 2.87. The lowest BCUT2D eigenvalue weighted by Gasteiger charge is -2.14. The van der Waals surface area contributed by atoms with Crippen LogP contribution in [0.3, 0.4) is 0 Å². The Morgan fingerprint density at radius 2 is 2.24 bits per heavy atom. The monoisotopic (exact) mass is 430 g/mol. The summed E-state index contributed by atoms with van der Waals surface area (Å²) in [4.78, 5) is 30.7. The van der Waals surface area contributed by atoms with Crippen LogP contribution in [-0.2, 0) is 16.1 Å². The molecule has 0 aliphatic carbocycles. The molecule has 2 amide bonds. The van der Waals surface area contributed by atoms with E-state index in [4.69, 9.17) is 17.0 Å². The quantitative estimate of drug-likeness (QED) is 0.375. The minimum Gasteiger partial charge on any atom is -0.497 e. The van der Waals surface area contributed by atoms with Gasteiger partial charge in [-0.25, -0.2) is 4.98 Å². The van der Waals surface area contributed by atoms with Crippen LogP contribution in [0.1, 0.15) is 18.4 Å². The summed E-state index contributed by atoms with van der Waals surface area (Å²) in [7, 11) is 1.60. The fraction of sp³-hybridized carbons (Fsp3) is 0.300. The zero-order valence-electron chi connectivity index (χ0n) is 16.0. The Bertz CT molecular complexity index is 912. The lowest BCUT2D eigenvalue weighted by atomic mass is 10.2. The Morgan fingerprint density at radius 1 is 1.38 bits per heavy atom. The Labute approximate surface area is 179 Å². The number of carbonyl (C=O) groups is 2. The number of methoxy groups -OCH3 is 1. The number of benzene rings is 1. The molecule has 0 saturated carbocycles. The van der Waals surface area contributed by atoms with Gasteiger partial charge >= 0.3 is 0 Å². The molecule has 3 rings (SSSR count). The summed E-state index contributed by atoms with van der Waals surface area (Å²) in [6, 6.07) is 7.45. The fourth-order valence-electron chi connectivity index (χ4n) is 2.79. The maximum absolute atomic E-state index is 12.7. The number of ether oxygens (including phenoxy) is 1. The number of hydrogen-bond donors (Lipinski definition) is 1. The first-order valence-electron chi connectivity index (χ1n) is 9.18. The van der Waals surface area contributed by atoms with Crippen LogP contribution in [0.4, 0.5) is 0 Å². The van der Waals surface area contributed by atoms with Crippen molar-refractivity contribution in [3.8, 4) is 5.75 Å². The number of thiocarbonyl (C=S) groups is 1. The average Bonchev–Trinajstić information content (AvgIpc) is 3.32. The number of rotatable bonds is 9. The highest BCUT2D eigenvalue weighted by Gasteiger charge is 2.32. The maximum Gasteiger partial charge on any atom is 0.266 e. The zero-order chi connectivity index (χ0) is 20.6. The summed E-state index contributed by atoms with van der Waals surface area (Å²) in [6.07, 6.45) is 8.17. The van der Waals surface area contributed by atoms with Crippen molar-refractivity contribution in [3.63, 3.8) is 0 Å². The van der Waals surface area contributed by atoms with Crippen LogP contribution in [0.5, 0.6) is 5.75 Å². The van der Waals surface area contributed by atoms with Gasteiger partial charge < -0.3 is 14.6 Å². The van der Waals surface area contributed by atoms with Crippen molar-refractivity contribution in [1.29, 1.82) is 0 Å². The number of hydrogen-bond acceptors (Lipinski definition) is 6. The van der Waals surface area contributed by atoms with Crippen molar-refractivity contribution in [2.75, 3.05) is 20.2 Å². The van der Waals surface area contributed by atoms with Crippen molar-refractivity contribution in [1.82, 2.24) is 19.8 Å². The predicted octanol–water partition coefficient (Wildman–Crippen LogP) is 2.69. The van der Waals surface area contributed by atoms with Gasteiger partial charge in [0, 0.05) is 38.4 Å². The Hall–Kier alpha value is -2.65. The number of nitrogens with one attached hydrogen (secondary N) is 1. The van der Waals surface area contributed by atoms with Crippen molar-refractivity contribution in [3.05, 3.63) is 53.5 Å². The Kier molecular flexibility index (Phi) is 7.42. The molecule has 1 N–H and O–H groups in total. The van der Waals surface area contributed by atoms with Gasteiger partial charge in [0.05, 0.1) is 18.3 Å². The summed E-state index contributed by atoms with van der Waals surface area (Å²) in [5.41, 5.74) is 0.862. The zero-order valence-corrected chi connectivity index (χ0v) is 17.7. The largest absolute Gasteiger partial charge is 0.497 e. The Morgan fingerprint density at radius 3 is 3.00 bits per heavy atom. The standard InChI is InChI=1S/C20H22N4O3S2/c1-27-16-5-2-4-15(12-16)13-17-19(26)24(20(28)29-17)10-6-18(25)22-7-3-9-23-11-8-21-14-23/h2,4-5,8,11-14H,3,6-7,9-10H2,1H3,(H,22,25)/b17-13-. The molecule has 1 fully saturated rings. The number of aryl methyl sites for hydroxylation is 1. The summed E-state index contributed by atoms with van der Waals surface area (Å²) >= 11 is 6.57. The molecule has 0 radical (unpaired) electrons. The van der Waals surface area contributed by atoms with E-state index >= 15 is 0 Å². The van der Waals surface area contributed by atoms with Crippen LogP contribution < -0.4 is 10.1 Å². The molecule has 1 aliphatic rings. The molecule has 0 unspecified atom stereocenters. The van der Waals surface area contributed by atoms with E-state index in [2.05, 4.69) is 10.3 Å². The minimum absolute atomic E-state index is 0.0959. The van der Waals surface area contributed by atoms with E-state index in [0.29, 0.717) is 15.8 Å². The third-order valence-corrected chi connectivity index (χ3v) is 5.68. The van der Waals surface area contributed by atoms with Gasteiger partial charge in [0.25, 0.3) is 5.91 Å². The van der Waals surface area contributed by atoms with Gasteiger partial charge in [-0.1, -0.05) is 36.1 Å². The van der Waals surface area contributed by atoms with E-state index in [1.165, 1.54) is 16.7 Å². The fourth-order valence-corrected chi connectivity index (χ4v) is 4.09. The number of imidazole rings is 1. The molecule has 152 valence electrons. The third-order valence-electron chi connectivity index (χ3n) is 4.30. The van der Waals surface area contributed by atoms with Crippen molar-refractivity contribution >= 4 is 46.2 Å². The second kappa shape index (κ2) is 10.2. The SMILES string of the molecule is COc1cccc(/C=C2\SC(=S)N(CCC(=O)NCCCn3ccnc3)C2=O)c1. The van der Waals surface area contributed by atoms with E-state index in [1.807, 2.05) is 35.0 Å². The van der Waals surface area contributed by atoms with Gasteiger partial charge in [-0.15, -0.1) is 0 Å². The first kappa shape index (κ1) is 21.1. The lowest BCUT2D eigenvalue weighted by Crippen LogP contribution is -2.34. The van der Waals surface area contributed by atoms with E-state index in [1.54, 1.807) is 25.7 Å². The molecule has 1 aromatic carbocycles. The van der Waals surface area contributed by atoms with Crippen LogP contribution in [0.15, 0.2) is 47.9 Å². The first-order valence-corrected chi connectivity index (χ1v) is 10.4. The maximum atomic E-state index is 12.7. The second-order valence-electron chi connectivity index (χ2n) is 6.36. The molecule has 0 bridgehead atoms. The van der Waals surface area contributed by atoms with Gasteiger partial charge in [0.15, 0.2) is 0 Å². The van der Waals surface area contributed by atoms with Crippen LogP contribution >= 0.6 is 24.0 Å². The smallest absolute Gasteiger partial charge is 0.266 e. The summed E-state index contributed by atoms with van der Waals surface area (Å²) in [5.74, 6) is 0.455. The van der Waals surface area contributed by atoms with Crippen molar-refractivity contribution < 1.29 is 14.3 Å². The average molecular weight is 431 g/mol. The normalized spacial score (nSPS) is 15.2. The molecule has 7 nitrogen and oxygen atoms in total. The molecule has 1 aliphatic heterocycles. The summed E-state index contributed by atoms with van der Waals surface area (Å²) < 4.78 is 7.64. The van der Waals surface area contributed by atoms with Gasteiger partial charge in [0.1, 0.15) is 10.1 Å². The van der Waals surface area contributed by atoms with E-state index in [-0.39, 0.29) is 24.8 Å². The van der Waals surface area contributed by atoms with E-state index in [0.717, 1.165) is 24.3 Å². The molecule has 0 atom stereocenters. The Balaban J connectivity index is 1.47. The molecule has 2 heterocycles. The minimum atomic E-state index is -0.171. The number of thioether (sulfide) groups is 1. The molecule has 0 spiro atoms. The molecular weight excluding hydrogens is 408 g/mol. The molecule has 1 saturated heterocycles. The van der Waals surface area contributed by atoms with E-state index < -0.39 is 0 Å². The number of amides is 2. The number of nitrogens with zero attached hydrogens (tertiary/aromatic N) is 3. The molecule has 29 heavy (non-hydrogen) atoms. The number of aromatic nitrogens is 2. The highest BCUT2D eigenvalue weighted by Crippen LogP contribution is 2.33. The van der Waals surface area contributed by atoms with E-state index in [9.17, 15) is 9.59 Å². The second-order valence-corrected chi connectivity index (χ2v) is 8.04. The highest BCUT2D eigenvalue weighted by molar-refractivity contribution is 8.26. The van der Waals surface area contributed by atoms with Gasteiger partial charge in [-0.05, 0) is 30.2 Å². The van der Waals surface area contributed by atoms with Crippen LogP contribution in [-0.4, -0.2) is 50.8 Å². The highest BCUT2D eigenvalue weighted by atomic mass is 32.2. The summed E-state index contributed by atoms with van der Waals surface area (Å²) in [6.45, 7) is 1.64. The van der Waals surface area contributed by atoms with Crippen LogP contribution in [0.25, 0.3) is 6.08 Å². The van der Waals surface area contributed by atoms with Crippen molar-refractivity contribution in [2.24, 2.45) is 0 Å². The van der Waals surface area contributed by atoms with Crippen LogP contribution in [0, 0.1) is 0 Å². The molecule has 1 aromatic heterocycles. The predicted molar refractivity (Wildman–Crippen MR) is 117 cm³/mol. The third kappa shape index (κ3) is 5.91. The number of carbonyl (C=O) groups excluding carboxylic acids is 2. The lowest BCUT2D eigenvalue weighted by molar-refractivity contribution is -0.123. The first-order chi connectivity index (χ1) is 14.1. The van der Waals surface area contributed by atoms with Gasteiger partial charge in [0.2, 0.25) is 5.91 Å². The molecule has 9 heteroatoms. The van der Waals surface area contributed by atoms with Gasteiger partial charge in [-0.3, -0.25) is 14.5 Å². The molecule has 2 aromatic rings. The molecular formula is C20H22N4O3S2.